The van der Waals surface area contributed by atoms with Crippen molar-refractivity contribution in [3.8, 4) is 0 Å². The van der Waals surface area contributed by atoms with Crippen LogP contribution in [0, 0.1) is 0 Å². The van der Waals surface area contributed by atoms with E-state index in [1.54, 1.807) is 0 Å². The molecule has 0 fully saturated rings. The number of aliphatic hydroxyl groups is 1. The average molecular weight is 215 g/mol. The topological polar surface area (TPSA) is 70.6 Å². The van der Waals surface area contributed by atoms with Gasteiger partial charge in [0, 0.05) is 5.54 Å². The summed E-state index contributed by atoms with van der Waals surface area (Å²) in [5, 5.41) is 13.0. The van der Waals surface area contributed by atoms with Gasteiger partial charge in [-0.15, -0.1) is 0 Å². The number of nitrogens with one attached hydrogen (secondary N) is 1. The van der Waals surface area contributed by atoms with E-state index in [1.807, 2.05) is 34.6 Å². The highest BCUT2D eigenvalue weighted by molar-refractivity contribution is 5.78. The van der Waals surface area contributed by atoms with Gasteiger partial charge in [0.05, 0.1) is 12.1 Å². The van der Waals surface area contributed by atoms with E-state index in [0.29, 0.717) is 25.3 Å². The highest BCUT2D eigenvalue weighted by Gasteiger charge is 2.21. The van der Waals surface area contributed by atoms with E-state index in [9.17, 15) is 5.11 Å². The highest BCUT2D eigenvalue weighted by atomic mass is 16.3. The van der Waals surface area contributed by atoms with Crippen LogP contribution in [-0.4, -0.2) is 28.8 Å². The maximum atomic E-state index is 9.99. The van der Waals surface area contributed by atoms with Gasteiger partial charge in [0.15, 0.2) is 5.96 Å². The minimum Gasteiger partial charge on any atom is -0.388 e. The van der Waals surface area contributed by atoms with Gasteiger partial charge in [-0.2, -0.15) is 0 Å². The lowest BCUT2D eigenvalue weighted by Crippen LogP contribution is -2.45. The van der Waals surface area contributed by atoms with Crippen molar-refractivity contribution in [3.05, 3.63) is 0 Å². The summed E-state index contributed by atoms with van der Waals surface area (Å²) in [6.07, 6.45) is 1.38. The van der Waals surface area contributed by atoms with Crippen LogP contribution in [0.2, 0.25) is 0 Å². The van der Waals surface area contributed by atoms with Gasteiger partial charge < -0.3 is 16.2 Å². The molecule has 4 nitrogen and oxygen atoms in total. The van der Waals surface area contributed by atoms with Gasteiger partial charge in [-0.1, -0.05) is 13.8 Å². The Hall–Kier alpha value is -0.770. The molecule has 0 amide bonds. The summed E-state index contributed by atoms with van der Waals surface area (Å²) in [7, 11) is 0. The van der Waals surface area contributed by atoms with Crippen molar-refractivity contribution in [2.75, 3.05) is 6.54 Å². The Balaban J connectivity index is 4.27. The van der Waals surface area contributed by atoms with Crippen molar-refractivity contribution in [1.29, 1.82) is 0 Å². The molecule has 0 atom stereocenters. The number of aliphatic imine (C=N–C) groups is 1. The van der Waals surface area contributed by atoms with E-state index in [2.05, 4.69) is 10.3 Å². The Morgan fingerprint density at radius 1 is 1.27 bits per heavy atom. The smallest absolute Gasteiger partial charge is 0.189 e. The first kappa shape index (κ1) is 14.2. The van der Waals surface area contributed by atoms with Crippen molar-refractivity contribution in [3.63, 3.8) is 0 Å². The van der Waals surface area contributed by atoms with Gasteiger partial charge in [0.2, 0.25) is 0 Å². The van der Waals surface area contributed by atoms with E-state index in [0.717, 1.165) is 0 Å². The first-order chi connectivity index (χ1) is 6.72. The molecule has 0 saturated carbocycles. The Morgan fingerprint density at radius 2 is 1.73 bits per heavy atom. The molecule has 0 aliphatic carbocycles. The Labute approximate surface area is 93.0 Å². The molecule has 0 rings (SSSR count). The van der Waals surface area contributed by atoms with Gasteiger partial charge >= 0.3 is 0 Å². The summed E-state index contributed by atoms with van der Waals surface area (Å²) in [4.78, 5) is 4.16. The lowest BCUT2D eigenvalue weighted by Gasteiger charge is -2.25. The van der Waals surface area contributed by atoms with E-state index < -0.39 is 5.60 Å². The monoisotopic (exact) mass is 215 g/mol. The van der Waals surface area contributed by atoms with Crippen LogP contribution in [0.4, 0.5) is 0 Å². The number of hydrogen-bond acceptors (Lipinski definition) is 2. The molecule has 4 heteroatoms. The van der Waals surface area contributed by atoms with Crippen LogP contribution in [0.15, 0.2) is 4.99 Å². The minimum atomic E-state index is -0.718. The molecular weight excluding hydrogens is 190 g/mol. The standard InChI is InChI=1S/C11H25N3O/c1-6-11(15,7-2)8-13-9(12)14-10(3,4)5/h15H,6-8H2,1-5H3,(H3,12,13,14). The predicted octanol–water partition coefficient (Wildman–Crippen LogP) is 1.24. The van der Waals surface area contributed by atoms with Crippen molar-refractivity contribution < 1.29 is 5.11 Å². The zero-order chi connectivity index (χ0) is 12.1. The third-order valence-corrected chi connectivity index (χ3v) is 2.36. The molecule has 0 aromatic rings. The largest absolute Gasteiger partial charge is 0.388 e. The number of nitrogens with zero attached hydrogens (tertiary/aromatic N) is 1. The second kappa shape index (κ2) is 5.35. The number of nitrogens with two attached hydrogens (primary N) is 1. The Morgan fingerprint density at radius 3 is 2.07 bits per heavy atom. The van der Waals surface area contributed by atoms with Crippen LogP contribution in [0.5, 0.6) is 0 Å². The van der Waals surface area contributed by atoms with E-state index in [4.69, 9.17) is 5.73 Å². The molecule has 15 heavy (non-hydrogen) atoms. The number of hydrogen-bond donors (Lipinski definition) is 3. The molecule has 4 N–H and O–H groups in total. The van der Waals surface area contributed by atoms with Crippen molar-refractivity contribution in [2.45, 2.75) is 58.6 Å². The normalized spacial score (nSPS) is 14.1. The molecule has 90 valence electrons. The van der Waals surface area contributed by atoms with Gasteiger partial charge in [-0.3, -0.25) is 4.99 Å². The molecule has 0 aliphatic heterocycles. The van der Waals surface area contributed by atoms with Gasteiger partial charge in [-0.25, -0.2) is 0 Å². The van der Waals surface area contributed by atoms with E-state index >= 15 is 0 Å². The molecular formula is C11H25N3O. The molecule has 0 saturated heterocycles. The molecule has 0 aromatic carbocycles. The third kappa shape index (κ3) is 6.33. The lowest BCUT2D eigenvalue weighted by molar-refractivity contribution is 0.0418. The van der Waals surface area contributed by atoms with Crippen LogP contribution in [0.25, 0.3) is 0 Å². The van der Waals surface area contributed by atoms with Gasteiger partial charge in [0.1, 0.15) is 0 Å². The first-order valence-electron chi connectivity index (χ1n) is 5.53. The van der Waals surface area contributed by atoms with Crippen LogP contribution in [0.1, 0.15) is 47.5 Å². The highest BCUT2D eigenvalue weighted by Crippen LogP contribution is 2.14. The fraction of sp³-hybridized carbons (Fsp3) is 0.909. The summed E-state index contributed by atoms with van der Waals surface area (Å²) in [6, 6.07) is 0. The number of rotatable bonds is 4. The fourth-order valence-electron chi connectivity index (χ4n) is 1.13. The van der Waals surface area contributed by atoms with Crippen molar-refractivity contribution >= 4 is 5.96 Å². The second-order valence-electron chi connectivity index (χ2n) is 5.01. The summed E-state index contributed by atoms with van der Waals surface area (Å²) in [5.74, 6) is 0.392. The van der Waals surface area contributed by atoms with Gasteiger partial charge in [-0.05, 0) is 33.6 Å². The maximum Gasteiger partial charge on any atom is 0.189 e. The summed E-state index contributed by atoms with van der Waals surface area (Å²) in [6.45, 7) is 10.3. The molecule has 0 spiro atoms. The predicted molar refractivity (Wildman–Crippen MR) is 64.9 cm³/mol. The van der Waals surface area contributed by atoms with E-state index in [-0.39, 0.29) is 5.54 Å². The first-order valence-corrected chi connectivity index (χ1v) is 5.53. The summed E-state index contributed by atoms with van der Waals surface area (Å²) in [5.41, 5.74) is 4.89. The second-order valence-corrected chi connectivity index (χ2v) is 5.01. The average Bonchev–Trinajstić information content (AvgIpc) is 2.12. The van der Waals surface area contributed by atoms with Gasteiger partial charge in [0.25, 0.3) is 0 Å². The van der Waals surface area contributed by atoms with Crippen molar-refractivity contribution in [2.24, 2.45) is 10.7 Å². The summed E-state index contributed by atoms with van der Waals surface area (Å²) >= 11 is 0. The van der Waals surface area contributed by atoms with E-state index in [1.165, 1.54) is 0 Å². The Bertz CT molecular complexity index is 214. The third-order valence-electron chi connectivity index (χ3n) is 2.36. The maximum absolute atomic E-state index is 9.99. The molecule has 0 aromatic heterocycles. The SMILES string of the molecule is CCC(O)(CC)CN=C(N)NC(C)(C)C. The molecule has 0 bridgehead atoms. The zero-order valence-electron chi connectivity index (χ0n) is 10.6. The summed E-state index contributed by atoms with van der Waals surface area (Å²) < 4.78 is 0. The van der Waals surface area contributed by atoms with Crippen molar-refractivity contribution in [1.82, 2.24) is 5.32 Å². The fourth-order valence-corrected chi connectivity index (χ4v) is 1.13. The molecule has 0 aliphatic rings. The quantitative estimate of drug-likeness (QED) is 0.488. The molecule has 0 radical (unpaired) electrons. The van der Waals surface area contributed by atoms with Crippen LogP contribution in [0.3, 0.4) is 0 Å². The lowest BCUT2D eigenvalue weighted by atomic mass is 9.98. The van der Waals surface area contributed by atoms with Crippen LogP contribution >= 0.6 is 0 Å². The molecule has 0 heterocycles. The number of guanidine groups is 1. The minimum absolute atomic E-state index is 0.0931. The van der Waals surface area contributed by atoms with Crippen LogP contribution in [-0.2, 0) is 0 Å². The molecule has 0 unspecified atom stereocenters. The van der Waals surface area contributed by atoms with Crippen LogP contribution < -0.4 is 11.1 Å². The zero-order valence-corrected chi connectivity index (χ0v) is 10.6. The Kier molecular flexibility index (Phi) is 5.08.